The molecule has 10 heavy (non-hydrogen) atoms. The molecule has 0 heterocycles. The zero-order valence-electron chi connectivity index (χ0n) is 7.03. The van der Waals surface area contributed by atoms with Crippen molar-refractivity contribution in [2.75, 3.05) is 6.54 Å². The third kappa shape index (κ3) is 7.92. The molecule has 0 unspecified atom stereocenters. The van der Waals surface area contributed by atoms with Crippen LogP contribution in [0, 0.1) is 0 Å². The summed E-state index contributed by atoms with van der Waals surface area (Å²) in [5.41, 5.74) is 2.66. The summed E-state index contributed by atoms with van der Waals surface area (Å²) in [6, 6.07) is 0. The summed E-state index contributed by atoms with van der Waals surface area (Å²) in [6.07, 6.45) is 8.02. The average molecular weight is 144 g/mol. The number of nitrogens with one attached hydrogen (secondary N) is 1. The van der Waals surface area contributed by atoms with Crippen molar-refractivity contribution in [2.45, 2.75) is 45.4 Å². The maximum Gasteiger partial charge on any atom is 0.00974 e. The van der Waals surface area contributed by atoms with Crippen LogP contribution < -0.4 is 11.3 Å². The van der Waals surface area contributed by atoms with Gasteiger partial charge in [0.1, 0.15) is 0 Å². The molecule has 0 radical (unpaired) electrons. The fourth-order valence-electron chi connectivity index (χ4n) is 1.01. The van der Waals surface area contributed by atoms with Crippen molar-refractivity contribution in [1.29, 1.82) is 0 Å². The molecule has 0 rings (SSSR count). The summed E-state index contributed by atoms with van der Waals surface area (Å²) in [5, 5.41) is 0. The van der Waals surface area contributed by atoms with E-state index in [0.717, 1.165) is 6.54 Å². The molecule has 2 heteroatoms. The number of unbranched alkanes of at least 4 members (excludes halogenated alkanes) is 5. The zero-order chi connectivity index (χ0) is 7.66. The Labute approximate surface area is 64.2 Å². The van der Waals surface area contributed by atoms with E-state index in [0.29, 0.717) is 0 Å². The normalized spacial score (nSPS) is 10.2. The van der Waals surface area contributed by atoms with E-state index >= 15 is 0 Å². The van der Waals surface area contributed by atoms with E-state index in [4.69, 9.17) is 5.84 Å². The maximum atomic E-state index is 5.12. The predicted molar refractivity (Wildman–Crippen MR) is 45.6 cm³/mol. The Bertz CT molecular complexity index is 47.2. The molecule has 0 aromatic carbocycles. The lowest BCUT2D eigenvalue weighted by atomic mass is 10.1. The van der Waals surface area contributed by atoms with Crippen molar-refractivity contribution in [3.05, 3.63) is 0 Å². The molecule has 0 atom stereocenters. The van der Waals surface area contributed by atoms with Crippen LogP contribution in [0.25, 0.3) is 0 Å². The third-order valence-corrected chi connectivity index (χ3v) is 1.67. The van der Waals surface area contributed by atoms with Gasteiger partial charge in [-0.1, -0.05) is 39.0 Å². The minimum absolute atomic E-state index is 0.964. The van der Waals surface area contributed by atoms with E-state index in [9.17, 15) is 0 Å². The molecule has 2 nitrogen and oxygen atoms in total. The second-order valence-corrected chi connectivity index (χ2v) is 2.72. The molecule has 0 aliphatic carbocycles. The van der Waals surface area contributed by atoms with Gasteiger partial charge in [-0.3, -0.25) is 11.3 Å². The van der Waals surface area contributed by atoms with Gasteiger partial charge in [-0.2, -0.15) is 0 Å². The Morgan fingerprint density at radius 3 is 2.20 bits per heavy atom. The van der Waals surface area contributed by atoms with Gasteiger partial charge < -0.3 is 0 Å². The monoisotopic (exact) mass is 144 g/mol. The molecule has 0 aliphatic heterocycles. The average Bonchev–Trinajstić information content (AvgIpc) is 1.97. The van der Waals surface area contributed by atoms with E-state index in [-0.39, 0.29) is 0 Å². The molecule has 0 aromatic rings. The highest BCUT2D eigenvalue weighted by Gasteiger charge is 1.87. The van der Waals surface area contributed by atoms with Crippen LogP contribution in [-0.4, -0.2) is 6.54 Å². The third-order valence-electron chi connectivity index (χ3n) is 1.67. The molecule has 0 fully saturated rings. The second-order valence-electron chi connectivity index (χ2n) is 2.72. The van der Waals surface area contributed by atoms with Gasteiger partial charge in [-0.05, 0) is 6.42 Å². The smallest absolute Gasteiger partial charge is 0.00974 e. The molecule has 3 N–H and O–H groups in total. The van der Waals surface area contributed by atoms with Gasteiger partial charge in [-0.25, -0.2) is 0 Å². The van der Waals surface area contributed by atoms with E-state index in [1.165, 1.54) is 38.5 Å². The minimum Gasteiger partial charge on any atom is -0.271 e. The van der Waals surface area contributed by atoms with E-state index in [2.05, 4.69) is 12.3 Å². The molecule has 0 aromatic heterocycles. The van der Waals surface area contributed by atoms with Crippen LogP contribution in [-0.2, 0) is 0 Å². The number of hydrogen-bond acceptors (Lipinski definition) is 2. The molecule has 0 saturated heterocycles. The van der Waals surface area contributed by atoms with Gasteiger partial charge in [-0.15, -0.1) is 0 Å². The molecule has 0 saturated carbocycles. The SMILES string of the molecule is CCCCCCCCNN. The first kappa shape index (κ1) is 9.92. The van der Waals surface area contributed by atoms with Crippen molar-refractivity contribution >= 4 is 0 Å². The zero-order valence-corrected chi connectivity index (χ0v) is 7.03. The molecule has 0 amide bonds. The largest absolute Gasteiger partial charge is 0.271 e. The van der Waals surface area contributed by atoms with Crippen LogP contribution >= 0.6 is 0 Å². The van der Waals surface area contributed by atoms with Crippen molar-refractivity contribution in [3.8, 4) is 0 Å². The fraction of sp³-hybridized carbons (Fsp3) is 1.00. The second kappa shape index (κ2) is 8.92. The highest BCUT2D eigenvalue weighted by atomic mass is 15.2. The lowest BCUT2D eigenvalue weighted by Gasteiger charge is -1.98. The summed E-state index contributed by atoms with van der Waals surface area (Å²) < 4.78 is 0. The first-order chi connectivity index (χ1) is 4.91. The highest BCUT2D eigenvalue weighted by molar-refractivity contribution is 4.44. The van der Waals surface area contributed by atoms with Crippen molar-refractivity contribution < 1.29 is 0 Å². The van der Waals surface area contributed by atoms with Gasteiger partial charge in [0.25, 0.3) is 0 Å². The standard InChI is InChI=1S/C8H20N2/c1-2-3-4-5-6-7-8-10-9/h10H,2-9H2,1H3. The van der Waals surface area contributed by atoms with E-state index in [1.54, 1.807) is 0 Å². The number of hydrazine groups is 1. The van der Waals surface area contributed by atoms with Crippen LogP contribution in [0.15, 0.2) is 0 Å². The van der Waals surface area contributed by atoms with Gasteiger partial charge in [0.15, 0.2) is 0 Å². The van der Waals surface area contributed by atoms with E-state index in [1.807, 2.05) is 0 Å². The molecule has 0 bridgehead atoms. The number of rotatable bonds is 7. The van der Waals surface area contributed by atoms with Crippen LogP contribution in [0.2, 0.25) is 0 Å². The Morgan fingerprint density at radius 2 is 1.60 bits per heavy atom. The minimum atomic E-state index is 0.964. The van der Waals surface area contributed by atoms with Crippen LogP contribution in [0.4, 0.5) is 0 Å². The Kier molecular flexibility index (Phi) is 8.85. The van der Waals surface area contributed by atoms with Crippen LogP contribution in [0.5, 0.6) is 0 Å². The Hall–Kier alpha value is -0.0800. The van der Waals surface area contributed by atoms with Crippen molar-refractivity contribution in [3.63, 3.8) is 0 Å². The molecular weight excluding hydrogens is 124 g/mol. The van der Waals surface area contributed by atoms with Crippen LogP contribution in [0.3, 0.4) is 0 Å². The van der Waals surface area contributed by atoms with E-state index < -0.39 is 0 Å². The predicted octanol–water partition coefficient (Wildman–Crippen LogP) is 1.81. The van der Waals surface area contributed by atoms with Gasteiger partial charge in [0.2, 0.25) is 0 Å². The first-order valence-corrected chi connectivity index (χ1v) is 4.35. The number of hydrogen-bond donors (Lipinski definition) is 2. The summed E-state index contributed by atoms with van der Waals surface area (Å²) >= 11 is 0. The van der Waals surface area contributed by atoms with Crippen molar-refractivity contribution in [1.82, 2.24) is 5.43 Å². The lowest BCUT2D eigenvalue weighted by Crippen LogP contribution is -2.22. The van der Waals surface area contributed by atoms with Crippen LogP contribution in [0.1, 0.15) is 45.4 Å². The lowest BCUT2D eigenvalue weighted by molar-refractivity contribution is 0.581. The van der Waals surface area contributed by atoms with Gasteiger partial charge in [0, 0.05) is 6.54 Å². The molecule has 0 spiro atoms. The maximum absolute atomic E-state index is 5.12. The summed E-state index contributed by atoms with van der Waals surface area (Å²) in [7, 11) is 0. The quantitative estimate of drug-likeness (QED) is 0.325. The topological polar surface area (TPSA) is 38.0 Å². The van der Waals surface area contributed by atoms with Gasteiger partial charge in [0.05, 0.1) is 0 Å². The molecular formula is C8H20N2. The molecule has 62 valence electrons. The Morgan fingerprint density at radius 1 is 1.00 bits per heavy atom. The highest BCUT2D eigenvalue weighted by Crippen LogP contribution is 2.03. The molecule has 0 aliphatic rings. The number of nitrogens with two attached hydrogens (primary N) is 1. The van der Waals surface area contributed by atoms with Gasteiger partial charge >= 0.3 is 0 Å². The summed E-state index contributed by atoms with van der Waals surface area (Å²) in [4.78, 5) is 0. The summed E-state index contributed by atoms with van der Waals surface area (Å²) in [6.45, 7) is 3.20. The fourth-order valence-corrected chi connectivity index (χ4v) is 1.01. The Balaban J connectivity index is 2.65. The summed E-state index contributed by atoms with van der Waals surface area (Å²) in [5.74, 6) is 5.12. The van der Waals surface area contributed by atoms with Crippen molar-refractivity contribution in [2.24, 2.45) is 5.84 Å². The first-order valence-electron chi connectivity index (χ1n) is 4.35.